The van der Waals surface area contributed by atoms with Gasteiger partial charge < -0.3 is 29.2 Å². The van der Waals surface area contributed by atoms with Gasteiger partial charge in [0.2, 0.25) is 0 Å². The van der Waals surface area contributed by atoms with Crippen LogP contribution in [-0.2, 0) is 19.5 Å². The van der Waals surface area contributed by atoms with Crippen molar-refractivity contribution in [3.8, 4) is 23.0 Å². The van der Waals surface area contributed by atoms with Crippen LogP contribution in [0.2, 0.25) is 0 Å². The fourth-order valence-corrected chi connectivity index (χ4v) is 3.36. The van der Waals surface area contributed by atoms with Gasteiger partial charge in [0, 0.05) is 25.2 Å². The molecule has 2 amide bonds. The minimum atomic E-state index is -0.120. The van der Waals surface area contributed by atoms with Crippen molar-refractivity contribution < 1.29 is 23.7 Å². The van der Waals surface area contributed by atoms with Crippen LogP contribution in [0, 0.1) is 0 Å². The number of methoxy groups -OCH3 is 4. The van der Waals surface area contributed by atoms with Crippen molar-refractivity contribution in [3.63, 3.8) is 0 Å². The first-order valence-corrected chi connectivity index (χ1v) is 9.07. The molecular weight excluding hydrogens is 360 g/mol. The van der Waals surface area contributed by atoms with Crippen LogP contribution < -0.4 is 24.3 Å². The van der Waals surface area contributed by atoms with Crippen molar-refractivity contribution in [2.75, 3.05) is 35.0 Å². The van der Waals surface area contributed by atoms with E-state index in [4.69, 9.17) is 18.9 Å². The second-order valence-electron chi connectivity index (χ2n) is 6.48. The fourth-order valence-electron chi connectivity index (χ4n) is 3.36. The van der Waals surface area contributed by atoms with Gasteiger partial charge in [0.1, 0.15) is 11.5 Å². The number of nitrogens with one attached hydrogen (secondary N) is 1. The molecule has 0 spiro atoms. The summed E-state index contributed by atoms with van der Waals surface area (Å²) in [4.78, 5) is 14.5. The molecule has 7 nitrogen and oxygen atoms in total. The summed E-state index contributed by atoms with van der Waals surface area (Å²) in [6, 6.07) is 9.33. The van der Waals surface area contributed by atoms with Crippen molar-refractivity contribution in [1.29, 1.82) is 0 Å². The Labute approximate surface area is 165 Å². The van der Waals surface area contributed by atoms with Crippen LogP contribution in [0.1, 0.15) is 16.7 Å². The van der Waals surface area contributed by atoms with E-state index in [0.29, 0.717) is 36.9 Å². The predicted octanol–water partition coefficient (Wildman–Crippen LogP) is 2.99. The highest BCUT2D eigenvalue weighted by molar-refractivity contribution is 5.75. The molecule has 0 radical (unpaired) electrons. The Kier molecular flexibility index (Phi) is 6.13. The van der Waals surface area contributed by atoms with Gasteiger partial charge in [-0.05, 0) is 47.9 Å². The Hall–Kier alpha value is -3.09. The lowest BCUT2D eigenvalue weighted by atomic mass is 9.99. The van der Waals surface area contributed by atoms with Crippen LogP contribution in [-0.4, -0.2) is 45.9 Å². The third kappa shape index (κ3) is 4.08. The van der Waals surface area contributed by atoms with Gasteiger partial charge in [-0.15, -0.1) is 0 Å². The first kappa shape index (κ1) is 19.7. The molecule has 0 atom stereocenters. The van der Waals surface area contributed by atoms with E-state index in [1.165, 1.54) is 5.56 Å². The summed E-state index contributed by atoms with van der Waals surface area (Å²) in [5.41, 5.74) is 3.10. The van der Waals surface area contributed by atoms with E-state index in [9.17, 15) is 4.79 Å². The molecule has 2 aromatic carbocycles. The van der Waals surface area contributed by atoms with Crippen LogP contribution in [0.5, 0.6) is 23.0 Å². The van der Waals surface area contributed by atoms with Crippen molar-refractivity contribution >= 4 is 6.03 Å². The average Bonchev–Trinajstić information content (AvgIpc) is 2.75. The minimum Gasteiger partial charge on any atom is -0.497 e. The molecule has 7 heteroatoms. The van der Waals surface area contributed by atoms with E-state index < -0.39 is 0 Å². The normalized spacial score (nSPS) is 12.8. The molecule has 0 fully saturated rings. The van der Waals surface area contributed by atoms with E-state index in [1.807, 2.05) is 30.3 Å². The smallest absolute Gasteiger partial charge is 0.317 e. The highest BCUT2D eigenvalue weighted by Crippen LogP contribution is 2.33. The van der Waals surface area contributed by atoms with E-state index in [0.717, 1.165) is 23.3 Å². The quantitative estimate of drug-likeness (QED) is 0.827. The monoisotopic (exact) mass is 386 g/mol. The molecule has 2 aromatic rings. The zero-order chi connectivity index (χ0) is 20.1. The maximum absolute atomic E-state index is 12.7. The van der Waals surface area contributed by atoms with Crippen molar-refractivity contribution in [1.82, 2.24) is 10.2 Å². The van der Waals surface area contributed by atoms with Gasteiger partial charge in [-0.3, -0.25) is 0 Å². The van der Waals surface area contributed by atoms with Crippen molar-refractivity contribution in [3.05, 3.63) is 47.0 Å². The molecular formula is C21H26N2O5. The number of fused-ring (bicyclic) bond motifs is 1. The minimum absolute atomic E-state index is 0.120. The number of hydrogen-bond donors (Lipinski definition) is 1. The van der Waals surface area contributed by atoms with Crippen LogP contribution in [0.25, 0.3) is 0 Å². The maximum Gasteiger partial charge on any atom is 0.317 e. The Morgan fingerprint density at radius 1 is 0.929 bits per heavy atom. The molecule has 0 aromatic heterocycles. The summed E-state index contributed by atoms with van der Waals surface area (Å²) in [6.07, 6.45) is 0.769. The van der Waals surface area contributed by atoms with E-state index >= 15 is 0 Å². The van der Waals surface area contributed by atoms with Gasteiger partial charge >= 0.3 is 6.03 Å². The Balaban J connectivity index is 1.68. The number of amides is 2. The topological polar surface area (TPSA) is 69.3 Å². The molecule has 1 heterocycles. The van der Waals surface area contributed by atoms with Crippen molar-refractivity contribution in [2.24, 2.45) is 0 Å². The summed E-state index contributed by atoms with van der Waals surface area (Å²) in [6.45, 7) is 1.52. The molecule has 0 saturated carbocycles. The molecule has 3 rings (SSSR count). The standard InChI is InChI=1S/C21H26N2O5/c1-25-17-5-6-18(26-2)15(9-17)12-22-21(24)23-8-7-14-10-19(27-3)20(28-4)11-16(14)13-23/h5-6,9-11H,7-8,12-13H2,1-4H3,(H,22,24). The first-order valence-electron chi connectivity index (χ1n) is 9.07. The third-order valence-electron chi connectivity index (χ3n) is 4.92. The third-order valence-corrected chi connectivity index (χ3v) is 4.92. The number of carbonyl (C=O) groups excluding carboxylic acids is 1. The van der Waals surface area contributed by atoms with Crippen LogP contribution in [0.4, 0.5) is 4.79 Å². The summed E-state index contributed by atoms with van der Waals surface area (Å²) < 4.78 is 21.4. The SMILES string of the molecule is COc1ccc(OC)c(CNC(=O)N2CCc3cc(OC)c(OC)cc3C2)c1. The largest absolute Gasteiger partial charge is 0.497 e. The summed E-state index contributed by atoms with van der Waals surface area (Å²) >= 11 is 0. The highest BCUT2D eigenvalue weighted by atomic mass is 16.5. The number of nitrogens with zero attached hydrogens (tertiary/aromatic N) is 1. The van der Waals surface area contributed by atoms with Gasteiger partial charge in [-0.25, -0.2) is 4.79 Å². The number of urea groups is 1. The molecule has 150 valence electrons. The number of benzene rings is 2. The lowest BCUT2D eigenvalue weighted by Crippen LogP contribution is -2.42. The van der Waals surface area contributed by atoms with Gasteiger partial charge in [0.15, 0.2) is 11.5 Å². The zero-order valence-electron chi connectivity index (χ0n) is 16.7. The molecule has 1 aliphatic rings. The van der Waals surface area contributed by atoms with Crippen LogP contribution in [0.3, 0.4) is 0 Å². The van der Waals surface area contributed by atoms with Crippen LogP contribution >= 0.6 is 0 Å². The van der Waals surface area contributed by atoms with E-state index in [2.05, 4.69) is 5.32 Å². The number of ether oxygens (including phenoxy) is 4. The van der Waals surface area contributed by atoms with Crippen molar-refractivity contribution in [2.45, 2.75) is 19.5 Å². The van der Waals surface area contributed by atoms with Gasteiger partial charge in [0.25, 0.3) is 0 Å². The second kappa shape index (κ2) is 8.73. The molecule has 1 aliphatic heterocycles. The second-order valence-corrected chi connectivity index (χ2v) is 6.48. The summed E-state index contributed by atoms with van der Waals surface area (Å²) in [5.74, 6) is 2.81. The summed E-state index contributed by atoms with van der Waals surface area (Å²) in [5, 5.41) is 2.97. The maximum atomic E-state index is 12.7. The molecule has 0 unspecified atom stereocenters. The molecule has 1 N–H and O–H groups in total. The summed E-state index contributed by atoms with van der Waals surface area (Å²) in [7, 11) is 6.45. The average molecular weight is 386 g/mol. The molecule has 28 heavy (non-hydrogen) atoms. The number of carbonyl (C=O) groups is 1. The molecule has 0 bridgehead atoms. The zero-order valence-corrected chi connectivity index (χ0v) is 16.7. The highest BCUT2D eigenvalue weighted by Gasteiger charge is 2.23. The van der Waals surface area contributed by atoms with E-state index in [-0.39, 0.29) is 6.03 Å². The molecule has 0 aliphatic carbocycles. The van der Waals surface area contributed by atoms with Crippen LogP contribution in [0.15, 0.2) is 30.3 Å². The first-order chi connectivity index (χ1) is 13.6. The predicted molar refractivity (Wildman–Crippen MR) is 105 cm³/mol. The van der Waals surface area contributed by atoms with Gasteiger partial charge in [-0.1, -0.05) is 0 Å². The van der Waals surface area contributed by atoms with E-state index in [1.54, 1.807) is 33.3 Å². The van der Waals surface area contributed by atoms with Gasteiger partial charge in [0.05, 0.1) is 28.4 Å². The fraction of sp³-hybridized carbons (Fsp3) is 0.381. The number of hydrogen-bond acceptors (Lipinski definition) is 5. The number of rotatable bonds is 6. The Bertz CT molecular complexity index is 853. The lowest BCUT2D eigenvalue weighted by Gasteiger charge is -2.29. The Morgan fingerprint density at radius 2 is 1.61 bits per heavy atom. The van der Waals surface area contributed by atoms with Gasteiger partial charge in [-0.2, -0.15) is 0 Å². The lowest BCUT2D eigenvalue weighted by molar-refractivity contribution is 0.191. The molecule has 0 saturated heterocycles. The Morgan fingerprint density at radius 3 is 2.25 bits per heavy atom.